The fourth-order valence-corrected chi connectivity index (χ4v) is 2.43. The van der Waals surface area contributed by atoms with Gasteiger partial charge in [-0.05, 0) is 31.4 Å². The first kappa shape index (κ1) is 12.1. The van der Waals surface area contributed by atoms with Crippen molar-refractivity contribution in [1.29, 1.82) is 0 Å². The summed E-state index contributed by atoms with van der Waals surface area (Å²) in [5.41, 5.74) is 1.39. The number of likely N-dealkylation sites (N-methyl/N-ethyl adjacent to an activating group) is 1. The Hall–Kier alpha value is -1.35. The zero-order chi connectivity index (χ0) is 12.1. The van der Waals surface area contributed by atoms with E-state index < -0.39 is 0 Å². The van der Waals surface area contributed by atoms with Crippen molar-refractivity contribution in [2.24, 2.45) is 0 Å². The van der Waals surface area contributed by atoms with Gasteiger partial charge in [-0.15, -0.1) is 0 Å². The van der Waals surface area contributed by atoms with Gasteiger partial charge >= 0.3 is 0 Å². The van der Waals surface area contributed by atoms with Gasteiger partial charge in [0.25, 0.3) is 0 Å². The van der Waals surface area contributed by atoms with Gasteiger partial charge in [-0.25, -0.2) is 0 Å². The molecule has 17 heavy (non-hydrogen) atoms. The molecular formula is C14H20N2O. The van der Waals surface area contributed by atoms with Crippen molar-refractivity contribution in [3.8, 4) is 0 Å². The number of likely N-dealkylation sites (tertiary alicyclic amines) is 1. The summed E-state index contributed by atoms with van der Waals surface area (Å²) >= 11 is 0. The Morgan fingerprint density at radius 3 is 2.88 bits per heavy atom. The quantitative estimate of drug-likeness (QED) is 0.855. The molecule has 3 heteroatoms. The van der Waals surface area contributed by atoms with E-state index in [9.17, 15) is 4.79 Å². The highest BCUT2D eigenvalue weighted by Crippen LogP contribution is 2.26. The third-order valence-corrected chi connectivity index (χ3v) is 3.28. The van der Waals surface area contributed by atoms with E-state index in [0.29, 0.717) is 12.5 Å². The second-order valence-electron chi connectivity index (χ2n) is 4.58. The highest BCUT2D eigenvalue weighted by atomic mass is 16.2. The molecule has 3 nitrogen and oxygen atoms in total. The highest BCUT2D eigenvalue weighted by molar-refractivity contribution is 5.77. The Balaban J connectivity index is 1.86. The average Bonchev–Trinajstić information content (AvgIpc) is 2.79. The van der Waals surface area contributed by atoms with Gasteiger partial charge in [0.1, 0.15) is 0 Å². The molecule has 0 unspecified atom stereocenters. The lowest BCUT2D eigenvalue weighted by molar-refractivity contribution is -0.121. The van der Waals surface area contributed by atoms with Crippen molar-refractivity contribution in [2.75, 3.05) is 26.2 Å². The van der Waals surface area contributed by atoms with Gasteiger partial charge in [-0.1, -0.05) is 30.3 Å². The zero-order valence-electron chi connectivity index (χ0n) is 10.4. The van der Waals surface area contributed by atoms with Crippen LogP contribution >= 0.6 is 0 Å². The van der Waals surface area contributed by atoms with E-state index in [4.69, 9.17) is 0 Å². The van der Waals surface area contributed by atoms with Gasteiger partial charge in [0.05, 0.1) is 6.54 Å². The third kappa shape index (κ3) is 3.30. The summed E-state index contributed by atoms with van der Waals surface area (Å²) in [6.45, 7) is 5.23. The fraction of sp³-hybridized carbons (Fsp3) is 0.500. The van der Waals surface area contributed by atoms with Crippen LogP contribution in [0.25, 0.3) is 0 Å². The predicted octanol–water partition coefficient (Wildman–Crippen LogP) is 1.61. The molecule has 0 radical (unpaired) electrons. The van der Waals surface area contributed by atoms with Crippen molar-refractivity contribution < 1.29 is 4.79 Å². The molecule has 0 spiro atoms. The maximum Gasteiger partial charge on any atom is 0.234 e. The number of amides is 1. The van der Waals surface area contributed by atoms with Gasteiger partial charge in [0.2, 0.25) is 5.91 Å². The Bertz CT molecular complexity index is 364. The summed E-state index contributed by atoms with van der Waals surface area (Å²) in [6, 6.07) is 10.6. The number of hydrogen-bond donors (Lipinski definition) is 1. The molecule has 1 aromatic carbocycles. The number of carbonyl (C=O) groups excluding carboxylic acids is 1. The molecule has 1 aliphatic rings. The topological polar surface area (TPSA) is 32.3 Å². The number of nitrogens with one attached hydrogen (secondary N) is 1. The molecule has 1 atom stereocenters. The van der Waals surface area contributed by atoms with Gasteiger partial charge in [0.15, 0.2) is 0 Å². The first-order valence-electron chi connectivity index (χ1n) is 6.33. The van der Waals surface area contributed by atoms with Crippen molar-refractivity contribution in [2.45, 2.75) is 19.3 Å². The smallest absolute Gasteiger partial charge is 0.234 e. The number of rotatable bonds is 4. The molecule has 0 bridgehead atoms. The van der Waals surface area contributed by atoms with Gasteiger partial charge in [-0.2, -0.15) is 0 Å². The van der Waals surface area contributed by atoms with Gasteiger partial charge in [-0.3, -0.25) is 9.69 Å². The monoisotopic (exact) mass is 232 g/mol. The van der Waals surface area contributed by atoms with Crippen LogP contribution in [-0.4, -0.2) is 37.0 Å². The van der Waals surface area contributed by atoms with Crippen LogP contribution in [0.1, 0.15) is 24.8 Å². The minimum Gasteiger partial charge on any atom is -0.355 e. The molecule has 1 heterocycles. The van der Waals surface area contributed by atoms with Crippen molar-refractivity contribution >= 4 is 5.91 Å². The third-order valence-electron chi connectivity index (χ3n) is 3.28. The van der Waals surface area contributed by atoms with E-state index >= 15 is 0 Å². The molecule has 1 aliphatic heterocycles. The van der Waals surface area contributed by atoms with Crippen molar-refractivity contribution in [1.82, 2.24) is 10.2 Å². The summed E-state index contributed by atoms with van der Waals surface area (Å²) in [6.07, 6.45) is 1.16. The van der Waals surface area contributed by atoms with E-state index in [2.05, 4.69) is 34.5 Å². The molecule has 92 valence electrons. The number of hydrogen-bond acceptors (Lipinski definition) is 2. The van der Waals surface area contributed by atoms with E-state index in [1.54, 1.807) is 0 Å². The molecule has 1 saturated heterocycles. The summed E-state index contributed by atoms with van der Waals surface area (Å²) in [4.78, 5) is 13.7. The molecule has 0 saturated carbocycles. The number of benzene rings is 1. The van der Waals surface area contributed by atoms with Crippen LogP contribution < -0.4 is 5.32 Å². The molecule has 2 rings (SSSR count). The molecular weight excluding hydrogens is 212 g/mol. The van der Waals surface area contributed by atoms with Crippen LogP contribution in [0.4, 0.5) is 0 Å². The van der Waals surface area contributed by atoms with E-state index in [1.807, 2.05) is 13.0 Å². The van der Waals surface area contributed by atoms with Crippen LogP contribution in [0.3, 0.4) is 0 Å². The molecule has 1 fully saturated rings. The second kappa shape index (κ2) is 5.82. The van der Waals surface area contributed by atoms with Crippen molar-refractivity contribution in [3.05, 3.63) is 35.9 Å². The average molecular weight is 232 g/mol. The van der Waals surface area contributed by atoms with Crippen molar-refractivity contribution in [3.63, 3.8) is 0 Å². The van der Waals surface area contributed by atoms with Gasteiger partial charge in [0, 0.05) is 13.1 Å². The molecule has 0 aromatic heterocycles. The Morgan fingerprint density at radius 2 is 2.18 bits per heavy atom. The van der Waals surface area contributed by atoms with Crippen LogP contribution in [0.15, 0.2) is 30.3 Å². The van der Waals surface area contributed by atoms with Crippen LogP contribution in [0, 0.1) is 0 Å². The Labute approximate surface area is 103 Å². The highest BCUT2D eigenvalue weighted by Gasteiger charge is 2.24. The molecule has 0 aliphatic carbocycles. The summed E-state index contributed by atoms with van der Waals surface area (Å²) in [5, 5.41) is 2.85. The summed E-state index contributed by atoms with van der Waals surface area (Å²) in [7, 11) is 0. The SMILES string of the molecule is CCNC(=O)CN1CC[C@H](c2ccccc2)C1. The second-order valence-corrected chi connectivity index (χ2v) is 4.58. The minimum absolute atomic E-state index is 0.140. The van der Waals surface area contributed by atoms with E-state index in [0.717, 1.165) is 26.1 Å². The maximum atomic E-state index is 11.5. The van der Waals surface area contributed by atoms with Crippen LogP contribution in [0.2, 0.25) is 0 Å². The normalized spacial score (nSPS) is 20.4. The number of nitrogens with zero attached hydrogens (tertiary/aromatic N) is 1. The van der Waals surface area contributed by atoms with Gasteiger partial charge < -0.3 is 5.32 Å². The Kier molecular flexibility index (Phi) is 4.15. The molecule has 1 aromatic rings. The van der Waals surface area contributed by atoms with Crippen LogP contribution in [-0.2, 0) is 4.79 Å². The van der Waals surface area contributed by atoms with Crippen LogP contribution in [0.5, 0.6) is 0 Å². The lowest BCUT2D eigenvalue weighted by atomic mass is 9.99. The first-order valence-corrected chi connectivity index (χ1v) is 6.33. The lowest BCUT2D eigenvalue weighted by Gasteiger charge is -2.15. The zero-order valence-corrected chi connectivity index (χ0v) is 10.4. The van der Waals surface area contributed by atoms with E-state index in [1.165, 1.54) is 5.56 Å². The molecule has 1 amide bonds. The van der Waals surface area contributed by atoms with E-state index in [-0.39, 0.29) is 5.91 Å². The largest absolute Gasteiger partial charge is 0.355 e. The first-order chi connectivity index (χ1) is 8.29. The minimum atomic E-state index is 0.140. The number of carbonyl (C=O) groups is 1. The standard InChI is InChI=1S/C14H20N2O/c1-2-15-14(17)11-16-9-8-13(10-16)12-6-4-3-5-7-12/h3-7,13H,2,8-11H2,1H3,(H,15,17)/t13-/m0/s1. The summed E-state index contributed by atoms with van der Waals surface area (Å²) < 4.78 is 0. The fourth-order valence-electron chi connectivity index (χ4n) is 2.43. The molecule has 1 N–H and O–H groups in total. The Morgan fingerprint density at radius 1 is 1.41 bits per heavy atom. The summed E-state index contributed by atoms with van der Waals surface area (Å²) in [5.74, 6) is 0.729. The maximum absolute atomic E-state index is 11.5. The lowest BCUT2D eigenvalue weighted by Crippen LogP contribution is -2.35. The predicted molar refractivity (Wildman–Crippen MR) is 68.9 cm³/mol.